The summed E-state index contributed by atoms with van der Waals surface area (Å²) in [6, 6.07) is 0. The summed E-state index contributed by atoms with van der Waals surface area (Å²) in [6.07, 6.45) is 1.79. The van der Waals surface area contributed by atoms with Crippen LogP contribution in [0.4, 0.5) is 0 Å². The van der Waals surface area contributed by atoms with Crippen molar-refractivity contribution < 1.29 is 9.47 Å². The predicted octanol–water partition coefficient (Wildman–Crippen LogP) is 2.42. The van der Waals surface area contributed by atoms with Crippen LogP contribution in [-0.4, -0.2) is 30.3 Å². The molecular weight excluding hydrogens is 228 g/mol. The van der Waals surface area contributed by atoms with Gasteiger partial charge in [0.15, 0.2) is 0 Å². The monoisotopic (exact) mass is 244 g/mol. The van der Waals surface area contributed by atoms with E-state index in [2.05, 4.69) is 16.9 Å². The van der Waals surface area contributed by atoms with Crippen LogP contribution in [0.2, 0.25) is 5.15 Å². The maximum Gasteiger partial charge on any atom is 0.221 e. The van der Waals surface area contributed by atoms with E-state index in [1.54, 1.807) is 7.11 Å². The van der Waals surface area contributed by atoms with Gasteiger partial charge in [-0.05, 0) is 13.3 Å². The van der Waals surface area contributed by atoms with Crippen molar-refractivity contribution in [3.63, 3.8) is 0 Å². The summed E-state index contributed by atoms with van der Waals surface area (Å²) in [6.45, 7) is 4.92. The molecule has 0 aliphatic heterocycles. The Morgan fingerprint density at radius 1 is 1.25 bits per heavy atom. The normalized spacial score (nSPS) is 10.5. The van der Waals surface area contributed by atoms with Crippen LogP contribution in [0.15, 0.2) is 0 Å². The fourth-order valence-electron chi connectivity index (χ4n) is 1.21. The summed E-state index contributed by atoms with van der Waals surface area (Å²) in [4.78, 5) is 8.52. The van der Waals surface area contributed by atoms with E-state index in [0.29, 0.717) is 24.2 Å². The molecule has 90 valence electrons. The van der Waals surface area contributed by atoms with Gasteiger partial charge in [0, 0.05) is 19.1 Å². The highest BCUT2D eigenvalue weighted by atomic mass is 35.5. The third kappa shape index (κ3) is 3.61. The Labute approximate surface area is 101 Å². The molecule has 5 heteroatoms. The van der Waals surface area contributed by atoms with Gasteiger partial charge in [-0.25, -0.2) is 4.98 Å². The van der Waals surface area contributed by atoms with Gasteiger partial charge in [-0.15, -0.1) is 0 Å². The van der Waals surface area contributed by atoms with Crippen LogP contribution in [0.5, 0.6) is 5.88 Å². The highest BCUT2D eigenvalue weighted by molar-refractivity contribution is 6.30. The van der Waals surface area contributed by atoms with E-state index < -0.39 is 0 Å². The molecule has 0 aliphatic rings. The minimum absolute atomic E-state index is 0.464. The fourth-order valence-corrected chi connectivity index (χ4v) is 1.39. The number of methoxy groups -OCH3 is 1. The number of rotatable bonds is 6. The van der Waals surface area contributed by atoms with Gasteiger partial charge in [-0.3, -0.25) is 0 Å². The molecular formula is C11H17ClN2O2. The van der Waals surface area contributed by atoms with Gasteiger partial charge in [0.2, 0.25) is 5.88 Å². The highest BCUT2D eigenvalue weighted by Crippen LogP contribution is 2.22. The van der Waals surface area contributed by atoms with Crippen molar-refractivity contribution in [2.45, 2.75) is 26.7 Å². The number of halogens is 1. The molecule has 1 aromatic rings. The zero-order valence-corrected chi connectivity index (χ0v) is 10.7. The second-order valence-corrected chi connectivity index (χ2v) is 3.81. The van der Waals surface area contributed by atoms with E-state index in [-0.39, 0.29) is 0 Å². The van der Waals surface area contributed by atoms with Gasteiger partial charge in [0.1, 0.15) is 17.6 Å². The number of aryl methyl sites for hydroxylation is 1. The number of hydrogen-bond donors (Lipinski definition) is 0. The Balaban J connectivity index is 2.79. The lowest BCUT2D eigenvalue weighted by molar-refractivity contribution is 0.143. The summed E-state index contributed by atoms with van der Waals surface area (Å²) >= 11 is 6.01. The van der Waals surface area contributed by atoms with E-state index >= 15 is 0 Å². The molecule has 1 rings (SSSR count). The van der Waals surface area contributed by atoms with E-state index in [9.17, 15) is 0 Å². The minimum Gasteiger partial charge on any atom is -0.475 e. The lowest BCUT2D eigenvalue weighted by Gasteiger charge is -2.10. The van der Waals surface area contributed by atoms with Gasteiger partial charge < -0.3 is 9.47 Å². The van der Waals surface area contributed by atoms with Crippen LogP contribution in [0.1, 0.15) is 24.7 Å². The number of ether oxygens (including phenoxy) is 2. The molecule has 0 atom stereocenters. The molecule has 0 aromatic carbocycles. The van der Waals surface area contributed by atoms with Crippen molar-refractivity contribution in [2.24, 2.45) is 0 Å². The van der Waals surface area contributed by atoms with E-state index in [1.807, 2.05) is 6.92 Å². The summed E-state index contributed by atoms with van der Waals surface area (Å²) < 4.78 is 10.4. The van der Waals surface area contributed by atoms with Crippen molar-refractivity contribution in [3.8, 4) is 5.88 Å². The Bertz CT molecular complexity index is 345. The standard InChI is InChI=1S/C11H17ClN2O2/c1-4-5-9-13-10(12)8(2)11(14-9)16-7-6-15-3/h4-7H2,1-3H3. The first-order chi connectivity index (χ1) is 7.69. The van der Waals surface area contributed by atoms with Gasteiger partial charge in [-0.2, -0.15) is 4.98 Å². The van der Waals surface area contributed by atoms with Crippen molar-refractivity contribution >= 4 is 11.6 Å². The molecule has 1 heterocycles. The zero-order valence-electron chi connectivity index (χ0n) is 9.92. The summed E-state index contributed by atoms with van der Waals surface area (Å²) in [5.41, 5.74) is 0.776. The maximum atomic E-state index is 6.01. The lowest BCUT2D eigenvalue weighted by Crippen LogP contribution is -2.09. The molecule has 16 heavy (non-hydrogen) atoms. The van der Waals surface area contributed by atoms with Crippen LogP contribution < -0.4 is 4.74 Å². The van der Waals surface area contributed by atoms with E-state index in [1.165, 1.54) is 0 Å². The smallest absolute Gasteiger partial charge is 0.221 e. The molecule has 4 nitrogen and oxygen atoms in total. The Kier molecular flexibility index (Phi) is 5.49. The first-order valence-corrected chi connectivity index (χ1v) is 5.71. The lowest BCUT2D eigenvalue weighted by atomic mass is 10.3. The molecule has 0 bridgehead atoms. The van der Waals surface area contributed by atoms with Gasteiger partial charge >= 0.3 is 0 Å². The Morgan fingerprint density at radius 3 is 2.62 bits per heavy atom. The van der Waals surface area contributed by atoms with Crippen molar-refractivity contribution in [1.29, 1.82) is 0 Å². The predicted molar refractivity (Wildman–Crippen MR) is 63.1 cm³/mol. The second kappa shape index (κ2) is 6.66. The van der Waals surface area contributed by atoms with Crippen LogP contribution in [0, 0.1) is 6.92 Å². The molecule has 1 aromatic heterocycles. The second-order valence-electron chi connectivity index (χ2n) is 3.45. The number of hydrogen-bond acceptors (Lipinski definition) is 4. The molecule has 0 unspecified atom stereocenters. The Morgan fingerprint density at radius 2 is 2.00 bits per heavy atom. The molecule has 0 N–H and O–H groups in total. The first kappa shape index (κ1) is 13.2. The molecule has 0 fully saturated rings. The molecule has 0 saturated heterocycles. The third-order valence-electron chi connectivity index (χ3n) is 2.09. The molecule has 0 amide bonds. The topological polar surface area (TPSA) is 44.2 Å². The fraction of sp³-hybridized carbons (Fsp3) is 0.636. The summed E-state index contributed by atoms with van der Waals surface area (Å²) in [5.74, 6) is 1.28. The maximum absolute atomic E-state index is 6.01. The average Bonchev–Trinajstić information content (AvgIpc) is 2.25. The highest BCUT2D eigenvalue weighted by Gasteiger charge is 2.09. The van der Waals surface area contributed by atoms with Gasteiger partial charge in [0.05, 0.1) is 6.61 Å². The minimum atomic E-state index is 0.464. The van der Waals surface area contributed by atoms with Gasteiger partial charge in [0.25, 0.3) is 0 Å². The van der Waals surface area contributed by atoms with Gasteiger partial charge in [-0.1, -0.05) is 18.5 Å². The SMILES string of the molecule is CCCc1nc(Cl)c(C)c(OCCOC)n1. The number of aromatic nitrogens is 2. The van der Waals surface area contributed by atoms with Crippen molar-refractivity contribution in [3.05, 3.63) is 16.5 Å². The van der Waals surface area contributed by atoms with Crippen LogP contribution in [0.25, 0.3) is 0 Å². The van der Waals surface area contributed by atoms with Crippen LogP contribution >= 0.6 is 11.6 Å². The van der Waals surface area contributed by atoms with E-state index in [0.717, 1.165) is 24.2 Å². The quantitative estimate of drug-likeness (QED) is 0.570. The molecule has 0 saturated carbocycles. The Hall–Kier alpha value is -0.870. The third-order valence-corrected chi connectivity index (χ3v) is 2.46. The zero-order chi connectivity index (χ0) is 12.0. The van der Waals surface area contributed by atoms with Crippen LogP contribution in [-0.2, 0) is 11.2 Å². The molecule has 0 aliphatic carbocycles. The molecule has 0 spiro atoms. The summed E-state index contributed by atoms with van der Waals surface area (Å²) in [7, 11) is 1.63. The van der Waals surface area contributed by atoms with Crippen molar-refractivity contribution in [2.75, 3.05) is 20.3 Å². The average molecular weight is 245 g/mol. The first-order valence-electron chi connectivity index (χ1n) is 5.33. The van der Waals surface area contributed by atoms with E-state index in [4.69, 9.17) is 21.1 Å². The summed E-state index contributed by atoms with van der Waals surface area (Å²) in [5, 5.41) is 0.464. The largest absolute Gasteiger partial charge is 0.475 e. The molecule has 0 radical (unpaired) electrons. The van der Waals surface area contributed by atoms with Crippen LogP contribution in [0.3, 0.4) is 0 Å². The number of nitrogens with zero attached hydrogens (tertiary/aromatic N) is 2. The van der Waals surface area contributed by atoms with Crippen molar-refractivity contribution in [1.82, 2.24) is 9.97 Å².